The molecule has 0 saturated heterocycles. The number of rotatable bonds is 5. The van der Waals surface area contributed by atoms with Gasteiger partial charge >= 0.3 is 0 Å². The molecule has 118 valence electrons. The second-order valence-corrected chi connectivity index (χ2v) is 5.00. The average Bonchev–Trinajstić information content (AvgIpc) is 3.22. The highest BCUT2D eigenvalue weighted by Crippen LogP contribution is 2.23. The van der Waals surface area contributed by atoms with Crippen LogP contribution < -0.4 is 10.1 Å². The third kappa shape index (κ3) is 3.42. The van der Waals surface area contributed by atoms with Gasteiger partial charge in [0.15, 0.2) is 11.5 Å². The number of amides is 1. The molecule has 6 heteroatoms. The molecule has 2 heterocycles. The second-order valence-electron chi connectivity index (χ2n) is 5.00. The van der Waals surface area contributed by atoms with Crippen molar-refractivity contribution in [1.29, 1.82) is 0 Å². The Hall–Kier alpha value is -3.02. The van der Waals surface area contributed by atoms with Crippen molar-refractivity contribution in [3.8, 4) is 17.1 Å². The van der Waals surface area contributed by atoms with Gasteiger partial charge in [-0.25, -0.2) is 0 Å². The molecule has 0 fully saturated rings. The van der Waals surface area contributed by atoms with E-state index in [9.17, 15) is 4.79 Å². The highest BCUT2D eigenvalue weighted by molar-refractivity contribution is 5.93. The fraction of sp³-hybridized carbons (Fsp3) is 0.176. The minimum Gasteiger partial charge on any atom is -0.497 e. The number of benzene rings is 1. The Morgan fingerprint density at radius 1 is 1.22 bits per heavy atom. The minimum atomic E-state index is -0.317. The summed E-state index contributed by atoms with van der Waals surface area (Å²) in [7, 11) is 1.60. The Morgan fingerprint density at radius 2 is 2.00 bits per heavy atom. The zero-order chi connectivity index (χ0) is 16.2. The quantitative estimate of drug-likeness (QED) is 0.783. The molecule has 1 amide bonds. The summed E-state index contributed by atoms with van der Waals surface area (Å²) in [5.41, 5.74) is 1.04. The zero-order valence-electron chi connectivity index (χ0n) is 12.8. The molecule has 0 spiro atoms. The van der Waals surface area contributed by atoms with Crippen molar-refractivity contribution in [3.63, 3.8) is 0 Å². The predicted octanol–water partition coefficient (Wildman–Crippen LogP) is 3.18. The van der Waals surface area contributed by atoms with Crippen molar-refractivity contribution in [2.45, 2.75) is 13.5 Å². The number of methoxy groups -OCH3 is 1. The first kappa shape index (κ1) is 14.9. The van der Waals surface area contributed by atoms with Gasteiger partial charge in [0.1, 0.15) is 17.3 Å². The highest BCUT2D eigenvalue weighted by atomic mass is 16.5. The van der Waals surface area contributed by atoms with E-state index in [1.807, 2.05) is 43.3 Å². The van der Waals surface area contributed by atoms with Crippen LogP contribution in [0.5, 0.6) is 5.75 Å². The van der Waals surface area contributed by atoms with Gasteiger partial charge in [-0.2, -0.15) is 0 Å². The van der Waals surface area contributed by atoms with E-state index in [0.717, 1.165) is 17.1 Å². The van der Waals surface area contributed by atoms with Crippen LogP contribution in [-0.4, -0.2) is 18.2 Å². The maximum absolute atomic E-state index is 12.1. The molecule has 0 aliphatic rings. The summed E-state index contributed by atoms with van der Waals surface area (Å²) in [6, 6.07) is 12.6. The van der Waals surface area contributed by atoms with Gasteiger partial charge in [0.05, 0.1) is 13.7 Å². The lowest BCUT2D eigenvalue weighted by Crippen LogP contribution is -2.22. The lowest BCUT2D eigenvalue weighted by atomic mass is 10.1. The summed E-state index contributed by atoms with van der Waals surface area (Å²) in [6.07, 6.45) is 0. The normalized spacial score (nSPS) is 10.5. The third-order valence-corrected chi connectivity index (χ3v) is 3.34. The number of aromatic nitrogens is 1. The Labute approximate surface area is 133 Å². The van der Waals surface area contributed by atoms with Gasteiger partial charge in [-0.3, -0.25) is 4.79 Å². The number of carbonyl (C=O) groups is 1. The van der Waals surface area contributed by atoms with Crippen LogP contribution in [0.2, 0.25) is 0 Å². The van der Waals surface area contributed by atoms with Crippen LogP contribution in [0.1, 0.15) is 22.0 Å². The third-order valence-electron chi connectivity index (χ3n) is 3.34. The predicted molar refractivity (Wildman–Crippen MR) is 83.1 cm³/mol. The molecule has 0 atom stereocenters. The second kappa shape index (κ2) is 6.39. The molecule has 0 bridgehead atoms. The number of nitrogens with one attached hydrogen (secondary N) is 1. The number of carbonyl (C=O) groups excluding carboxylic acids is 1. The molecular weight excluding hydrogens is 296 g/mol. The Balaban J connectivity index is 1.66. The molecule has 1 N–H and O–H groups in total. The molecule has 3 aromatic rings. The maximum Gasteiger partial charge on any atom is 0.273 e. The number of ether oxygens (including phenoxy) is 1. The van der Waals surface area contributed by atoms with E-state index in [4.69, 9.17) is 13.7 Å². The molecule has 6 nitrogen and oxygen atoms in total. The van der Waals surface area contributed by atoms with Crippen LogP contribution in [0.25, 0.3) is 11.3 Å². The molecule has 0 saturated carbocycles. The van der Waals surface area contributed by atoms with E-state index in [1.54, 1.807) is 13.2 Å². The number of hydrogen-bond acceptors (Lipinski definition) is 5. The Kier molecular flexibility index (Phi) is 4.14. The fourth-order valence-electron chi connectivity index (χ4n) is 2.11. The van der Waals surface area contributed by atoms with Gasteiger partial charge in [0.2, 0.25) is 0 Å². The van der Waals surface area contributed by atoms with E-state index >= 15 is 0 Å². The van der Waals surface area contributed by atoms with Crippen LogP contribution in [-0.2, 0) is 6.54 Å². The first-order valence-corrected chi connectivity index (χ1v) is 7.10. The van der Waals surface area contributed by atoms with Crippen molar-refractivity contribution < 1.29 is 18.5 Å². The summed E-state index contributed by atoms with van der Waals surface area (Å²) in [5, 5.41) is 6.54. The van der Waals surface area contributed by atoms with Crippen LogP contribution in [0.4, 0.5) is 0 Å². The van der Waals surface area contributed by atoms with Gasteiger partial charge in [0.25, 0.3) is 5.91 Å². The summed E-state index contributed by atoms with van der Waals surface area (Å²) in [6.45, 7) is 2.15. The lowest BCUT2D eigenvalue weighted by molar-refractivity contribution is 0.0939. The average molecular weight is 312 g/mol. The van der Waals surface area contributed by atoms with E-state index in [-0.39, 0.29) is 11.6 Å². The summed E-state index contributed by atoms with van der Waals surface area (Å²) >= 11 is 0. The smallest absolute Gasteiger partial charge is 0.273 e. The molecule has 3 rings (SSSR count). The fourth-order valence-corrected chi connectivity index (χ4v) is 2.11. The van der Waals surface area contributed by atoms with E-state index < -0.39 is 0 Å². The molecule has 0 radical (unpaired) electrons. The minimum absolute atomic E-state index is 0.221. The monoisotopic (exact) mass is 312 g/mol. The summed E-state index contributed by atoms with van der Waals surface area (Å²) in [5.74, 6) is 2.45. The van der Waals surface area contributed by atoms with Crippen LogP contribution in [0.3, 0.4) is 0 Å². The van der Waals surface area contributed by atoms with Gasteiger partial charge in [0, 0.05) is 11.6 Å². The number of aryl methyl sites for hydroxylation is 1. The first-order chi connectivity index (χ1) is 11.2. The first-order valence-electron chi connectivity index (χ1n) is 7.10. The van der Waals surface area contributed by atoms with Crippen molar-refractivity contribution in [1.82, 2.24) is 10.5 Å². The molecule has 0 unspecified atom stereocenters. The Morgan fingerprint density at radius 3 is 2.65 bits per heavy atom. The van der Waals surface area contributed by atoms with Gasteiger partial charge in [-0.15, -0.1) is 0 Å². The zero-order valence-corrected chi connectivity index (χ0v) is 12.8. The van der Waals surface area contributed by atoms with E-state index in [1.165, 1.54) is 0 Å². The summed E-state index contributed by atoms with van der Waals surface area (Å²) in [4.78, 5) is 12.1. The number of hydrogen-bond donors (Lipinski definition) is 1. The number of furan rings is 1. The van der Waals surface area contributed by atoms with Gasteiger partial charge in [-0.05, 0) is 43.3 Å². The molecular formula is C17H16N2O4. The van der Waals surface area contributed by atoms with Gasteiger partial charge < -0.3 is 19.0 Å². The van der Waals surface area contributed by atoms with Crippen molar-refractivity contribution >= 4 is 5.91 Å². The van der Waals surface area contributed by atoms with E-state index in [0.29, 0.717) is 18.1 Å². The van der Waals surface area contributed by atoms with Gasteiger partial charge in [-0.1, -0.05) is 5.16 Å². The lowest BCUT2D eigenvalue weighted by Gasteiger charge is -2.00. The maximum atomic E-state index is 12.1. The van der Waals surface area contributed by atoms with Crippen molar-refractivity contribution in [2.75, 3.05) is 7.11 Å². The summed E-state index contributed by atoms with van der Waals surface area (Å²) < 4.78 is 15.7. The SMILES string of the molecule is COc1ccc(-c2cc(C(=O)NCc3ccc(C)o3)no2)cc1. The Bertz CT molecular complexity index is 802. The molecule has 2 aromatic heterocycles. The van der Waals surface area contributed by atoms with Crippen LogP contribution in [0.15, 0.2) is 51.4 Å². The topological polar surface area (TPSA) is 77.5 Å². The standard InChI is InChI=1S/C17H16N2O4/c1-11-3-6-14(22-11)10-18-17(20)15-9-16(23-19-15)12-4-7-13(21-2)8-5-12/h3-9H,10H2,1-2H3,(H,18,20). The van der Waals surface area contributed by atoms with Crippen LogP contribution in [0, 0.1) is 6.92 Å². The highest BCUT2D eigenvalue weighted by Gasteiger charge is 2.14. The van der Waals surface area contributed by atoms with Crippen molar-refractivity contribution in [2.24, 2.45) is 0 Å². The molecule has 23 heavy (non-hydrogen) atoms. The molecule has 0 aliphatic heterocycles. The molecule has 1 aromatic carbocycles. The molecule has 0 aliphatic carbocycles. The van der Waals surface area contributed by atoms with Crippen LogP contribution >= 0.6 is 0 Å². The largest absolute Gasteiger partial charge is 0.497 e. The number of nitrogens with zero attached hydrogens (tertiary/aromatic N) is 1. The van der Waals surface area contributed by atoms with E-state index in [2.05, 4.69) is 10.5 Å². The van der Waals surface area contributed by atoms with Crippen molar-refractivity contribution in [3.05, 3.63) is 59.7 Å².